The Morgan fingerprint density at radius 1 is 0.848 bits per heavy atom. The Balaban J connectivity index is 1.55. The Morgan fingerprint density at radius 2 is 1.52 bits per heavy atom. The number of carboxylic acid groups (broad SMARTS) is 1. The highest BCUT2D eigenvalue weighted by Crippen LogP contribution is 2.44. The average molecular weight is 620 g/mol. The Labute approximate surface area is 268 Å². The van der Waals surface area contributed by atoms with Gasteiger partial charge in [0.05, 0.1) is 31.8 Å². The molecule has 1 aliphatic heterocycles. The number of ketones is 1. The van der Waals surface area contributed by atoms with Gasteiger partial charge in [0.1, 0.15) is 28.6 Å². The number of Topliss-reactive ketones (excluding diaryl/α,β-unsaturated/α-hetero) is 1. The number of hydrogen-bond acceptors (Lipinski definition) is 7. The first-order chi connectivity index (χ1) is 22.2. The number of aliphatic hydroxyl groups is 1. The molecular formula is C38H37NO7. The molecule has 8 heteroatoms. The van der Waals surface area contributed by atoms with E-state index in [9.17, 15) is 19.8 Å². The van der Waals surface area contributed by atoms with Crippen molar-refractivity contribution in [3.8, 4) is 23.0 Å². The summed E-state index contributed by atoms with van der Waals surface area (Å²) in [6.45, 7) is 3.72. The fourth-order valence-corrected chi connectivity index (χ4v) is 5.92. The van der Waals surface area contributed by atoms with Crippen LogP contribution in [0.25, 0.3) is 0 Å². The first-order valence-corrected chi connectivity index (χ1v) is 15.0. The van der Waals surface area contributed by atoms with Crippen molar-refractivity contribution >= 4 is 18.0 Å². The van der Waals surface area contributed by atoms with Crippen LogP contribution in [-0.2, 0) is 0 Å². The number of methoxy groups -OCH3 is 2. The van der Waals surface area contributed by atoms with Gasteiger partial charge in [0, 0.05) is 17.3 Å². The van der Waals surface area contributed by atoms with Gasteiger partial charge in [0.25, 0.3) is 0 Å². The Kier molecular flexibility index (Phi) is 9.68. The van der Waals surface area contributed by atoms with E-state index < -0.39 is 23.5 Å². The lowest BCUT2D eigenvalue weighted by molar-refractivity contribution is 0.0693. The van der Waals surface area contributed by atoms with Crippen molar-refractivity contribution in [2.75, 3.05) is 14.2 Å². The third-order valence-corrected chi connectivity index (χ3v) is 8.40. The van der Waals surface area contributed by atoms with E-state index in [0.29, 0.717) is 41.2 Å². The monoisotopic (exact) mass is 619 g/mol. The van der Waals surface area contributed by atoms with Gasteiger partial charge in [-0.05, 0) is 85.9 Å². The lowest BCUT2D eigenvalue weighted by atomic mass is 9.72. The molecule has 0 aromatic heterocycles. The number of carbonyl (C=O) groups excluding carboxylic acids is 1. The molecule has 5 rings (SSSR count). The summed E-state index contributed by atoms with van der Waals surface area (Å²) in [5.74, 6) is -0.387. The first kappa shape index (κ1) is 32.2. The van der Waals surface area contributed by atoms with Crippen molar-refractivity contribution in [1.29, 1.82) is 0 Å². The molecule has 4 aromatic rings. The van der Waals surface area contributed by atoms with Gasteiger partial charge < -0.3 is 24.4 Å². The zero-order chi connectivity index (χ0) is 32.8. The maximum Gasteiger partial charge on any atom is 0.339 e. The number of aryl methyl sites for hydroxylation is 1. The average Bonchev–Trinajstić information content (AvgIpc) is 3.54. The van der Waals surface area contributed by atoms with Crippen LogP contribution in [0.1, 0.15) is 67.8 Å². The highest BCUT2D eigenvalue weighted by Gasteiger charge is 2.43. The number of carbonyl (C=O) groups is 2. The zero-order valence-electron chi connectivity index (χ0n) is 26.3. The number of benzene rings is 4. The molecular weight excluding hydrogens is 582 g/mol. The van der Waals surface area contributed by atoms with Crippen molar-refractivity contribution in [2.45, 2.75) is 44.2 Å². The molecule has 4 aromatic carbocycles. The van der Waals surface area contributed by atoms with Crippen molar-refractivity contribution in [3.05, 3.63) is 130 Å². The van der Waals surface area contributed by atoms with E-state index in [-0.39, 0.29) is 17.1 Å². The molecule has 0 fully saturated rings. The quantitative estimate of drug-likeness (QED) is 0.148. The molecule has 0 spiro atoms. The summed E-state index contributed by atoms with van der Waals surface area (Å²) >= 11 is 0. The number of aliphatic hydroxyl groups excluding tert-OH is 1. The molecule has 3 atom stereocenters. The molecule has 236 valence electrons. The number of carboxylic acids is 1. The van der Waals surface area contributed by atoms with E-state index in [1.54, 1.807) is 69.0 Å². The summed E-state index contributed by atoms with van der Waals surface area (Å²) in [4.78, 5) is 31.3. The molecule has 0 aliphatic carbocycles. The van der Waals surface area contributed by atoms with Gasteiger partial charge in [-0.2, -0.15) is 0 Å². The SMILES string of the molecule is COc1cc(C(=O)C(c2ccc(Oc3cc(C)ccc3C(=O)O)cc2)C2(CCC(O)c3ccccc3)C=CC=N2)cc(OC)c1C. The summed E-state index contributed by atoms with van der Waals surface area (Å²) in [6, 6.07) is 24.8. The number of rotatable bonds is 13. The molecule has 0 saturated heterocycles. The van der Waals surface area contributed by atoms with Crippen LogP contribution in [0, 0.1) is 13.8 Å². The summed E-state index contributed by atoms with van der Waals surface area (Å²) in [5, 5.41) is 20.7. The third kappa shape index (κ3) is 6.72. The van der Waals surface area contributed by atoms with Crippen LogP contribution in [0.4, 0.5) is 0 Å². The number of hydrogen-bond donors (Lipinski definition) is 2. The lowest BCUT2D eigenvalue weighted by Gasteiger charge is -2.34. The minimum atomic E-state index is -1.09. The molecule has 8 nitrogen and oxygen atoms in total. The highest BCUT2D eigenvalue weighted by atomic mass is 16.5. The maximum absolute atomic E-state index is 14.7. The predicted molar refractivity (Wildman–Crippen MR) is 177 cm³/mol. The van der Waals surface area contributed by atoms with Gasteiger partial charge in [0.15, 0.2) is 5.78 Å². The lowest BCUT2D eigenvalue weighted by Crippen LogP contribution is -2.37. The van der Waals surface area contributed by atoms with E-state index in [4.69, 9.17) is 19.2 Å². The molecule has 2 N–H and O–H groups in total. The smallest absolute Gasteiger partial charge is 0.339 e. The summed E-state index contributed by atoms with van der Waals surface area (Å²) in [6.07, 6.45) is 5.44. The van der Waals surface area contributed by atoms with Crippen LogP contribution in [0.5, 0.6) is 23.0 Å². The zero-order valence-corrected chi connectivity index (χ0v) is 26.3. The van der Waals surface area contributed by atoms with Gasteiger partial charge in [-0.1, -0.05) is 54.6 Å². The van der Waals surface area contributed by atoms with Gasteiger partial charge >= 0.3 is 5.97 Å². The number of aromatic carboxylic acids is 1. The molecule has 1 heterocycles. The number of ether oxygens (including phenoxy) is 3. The van der Waals surface area contributed by atoms with Crippen molar-refractivity contribution < 1.29 is 34.0 Å². The van der Waals surface area contributed by atoms with Crippen molar-refractivity contribution in [3.63, 3.8) is 0 Å². The minimum Gasteiger partial charge on any atom is -0.496 e. The highest BCUT2D eigenvalue weighted by molar-refractivity contribution is 6.03. The van der Waals surface area contributed by atoms with Crippen molar-refractivity contribution in [1.82, 2.24) is 0 Å². The van der Waals surface area contributed by atoms with E-state index >= 15 is 0 Å². The normalized spacial score (nSPS) is 16.5. The van der Waals surface area contributed by atoms with E-state index in [1.165, 1.54) is 6.07 Å². The summed E-state index contributed by atoms with van der Waals surface area (Å²) in [5.41, 5.74) is 2.55. The maximum atomic E-state index is 14.7. The molecule has 0 amide bonds. The van der Waals surface area contributed by atoms with Gasteiger partial charge in [-0.15, -0.1) is 0 Å². The van der Waals surface area contributed by atoms with Gasteiger partial charge in [-0.3, -0.25) is 9.79 Å². The number of allylic oxidation sites excluding steroid dienone is 1. The third-order valence-electron chi connectivity index (χ3n) is 8.40. The summed E-state index contributed by atoms with van der Waals surface area (Å²) in [7, 11) is 3.10. The second-order valence-corrected chi connectivity index (χ2v) is 11.4. The van der Waals surface area contributed by atoms with Crippen molar-refractivity contribution in [2.24, 2.45) is 4.99 Å². The molecule has 46 heavy (non-hydrogen) atoms. The van der Waals surface area contributed by atoms with Crippen LogP contribution in [0.3, 0.4) is 0 Å². The Hall–Kier alpha value is -5.21. The molecule has 0 saturated carbocycles. The van der Waals surface area contributed by atoms with Crippen LogP contribution < -0.4 is 14.2 Å². The molecule has 0 bridgehead atoms. The first-order valence-electron chi connectivity index (χ1n) is 15.0. The molecule has 3 unspecified atom stereocenters. The van der Waals surface area contributed by atoms with Crippen LogP contribution >= 0.6 is 0 Å². The van der Waals surface area contributed by atoms with Gasteiger partial charge in [-0.25, -0.2) is 4.79 Å². The second kappa shape index (κ2) is 13.8. The van der Waals surface area contributed by atoms with E-state index in [0.717, 1.165) is 16.7 Å². The summed E-state index contributed by atoms with van der Waals surface area (Å²) < 4.78 is 17.2. The Bertz CT molecular complexity index is 1740. The topological polar surface area (TPSA) is 115 Å². The fraction of sp³-hybridized carbons (Fsp3) is 0.237. The standard InChI is InChI=1S/C38H37NO7/c1-24-11-16-30(37(42)43)34(21-24)46-29-14-12-27(13-15-29)35(36(41)28-22-32(44-3)25(2)33(23-28)45-4)38(18-8-20-39-38)19-17-31(40)26-9-6-5-7-10-26/h5-16,18,20-23,31,35,40H,17,19H2,1-4H3,(H,42,43). The van der Waals surface area contributed by atoms with Gasteiger partial charge in [0.2, 0.25) is 0 Å². The van der Waals surface area contributed by atoms with Crippen LogP contribution in [-0.4, -0.2) is 47.9 Å². The number of aliphatic imine (C=N–C) groups is 1. The molecule has 0 radical (unpaired) electrons. The van der Waals surface area contributed by atoms with E-state index in [1.807, 2.05) is 56.3 Å². The second-order valence-electron chi connectivity index (χ2n) is 11.4. The fourth-order valence-electron chi connectivity index (χ4n) is 5.92. The Morgan fingerprint density at radius 3 is 2.11 bits per heavy atom. The number of nitrogens with zero attached hydrogens (tertiary/aromatic N) is 1. The predicted octanol–water partition coefficient (Wildman–Crippen LogP) is 7.67. The van der Waals surface area contributed by atoms with E-state index in [2.05, 4.69) is 0 Å². The molecule has 1 aliphatic rings. The van der Waals surface area contributed by atoms with Crippen LogP contribution in [0.15, 0.2) is 102 Å². The largest absolute Gasteiger partial charge is 0.496 e. The van der Waals surface area contributed by atoms with Crippen LogP contribution in [0.2, 0.25) is 0 Å². The minimum absolute atomic E-state index is 0.0475.